The highest BCUT2D eigenvalue weighted by atomic mass is 79.9. The summed E-state index contributed by atoms with van der Waals surface area (Å²) in [4.78, 5) is 0. The number of rotatable bonds is 3. The first-order valence-electron chi connectivity index (χ1n) is 5.46. The summed E-state index contributed by atoms with van der Waals surface area (Å²) >= 11 is 3.48. The molecule has 82 valence electrons. The average Bonchev–Trinajstić information content (AvgIpc) is 3.00. The van der Waals surface area contributed by atoms with Gasteiger partial charge in [0.1, 0.15) is 12.2 Å². The van der Waals surface area contributed by atoms with E-state index < -0.39 is 0 Å². The Bertz CT molecular complexity index is 502. The summed E-state index contributed by atoms with van der Waals surface area (Å²) in [5.41, 5.74) is 1.27. The summed E-state index contributed by atoms with van der Waals surface area (Å²) in [5, 5.41) is 8.20. The predicted molar refractivity (Wildman–Crippen MR) is 65.2 cm³/mol. The first kappa shape index (κ1) is 10.0. The summed E-state index contributed by atoms with van der Waals surface area (Å²) in [6.45, 7) is 0. The molecule has 0 amide bonds. The molecule has 0 radical (unpaired) electrons. The van der Waals surface area contributed by atoms with Gasteiger partial charge in [0.25, 0.3) is 0 Å². The van der Waals surface area contributed by atoms with E-state index in [0.717, 1.165) is 16.7 Å². The van der Waals surface area contributed by atoms with Gasteiger partial charge in [-0.2, -0.15) is 0 Å². The molecule has 0 bridgehead atoms. The summed E-state index contributed by atoms with van der Waals surface area (Å²) in [6.07, 6.45) is 5.24. The smallest absolute Gasteiger partial charge is 0.137 e. The average molecular weight is 278 g/mol. The molecule has 1 aliphatic rings. The first-order valence-corrected chi connectivity index (χ1v) is 6.25. The predicted octanol–water partition coefficient (Wildman–Crippen LogP) is 2.97. The standard InChI is InChI=1S/C12H12BrN3/c13-10-3-1-2-9(6-10)7-12-15-14-8-16(12)11-4-5-11/h1-3,6,8,11H,4-5,7H2. The van der Waals surface area contributed by atoms with Gasteiger partial charge in [0.05, 0.1) is 0 Å². The Labute approximate surface area is 103 Å². The number of aromatic nitrogens is 3. The van der Waals surface area contributed by atoms with Gasteiger partial charge in [-0.1, -0.05) is 28.1 Å². The Morgan fingerprint density at radius 1 is 1.38 bits per heavy atom. The van der Waals surface area contributed by atoms with Crippen molar-refractivity contribution in [3.63, 3.8) is 0 Å². The fourth-order valence-electron chi connectivity index (χ4n) is 1.88. The second-order valence-corrected chi connectivity index (χ2v) is 5.11. The molecule has 0 aliphatic heterocycles. The number of nitrogens with zero attached hydrogens (tertiary/aromatic N) is 3. The molecule has 0 N–H and O–H groups in total. The Morgan fingerprint density at radius 3 is 3.00 bits per heavy atom. The third kappa shape index (κ3) is 2.02. The number of halogens is 1. The Kier molecular flexibility index (Phi) is 2.52. The molecule has 1 aromatic carbocycles. The van der Waals surface area contributed by atoms with E-state index in [-0.39, 0.29) is 0 Å². The van der Waals surface area contributed by atoms with Gasteiger partial charge in [-0.3, -0.25) is 0 Å². The second-order valence-electron chi connectivity index (χ2n) is 4.19. The quantitative estimate of drug-likeness (QED) is 0.864. The van der Waals surface area contributed by atoms with Crippen LogP contribution in [0.15, 0.2) is 35.1 Å². The van der Waals surface area contributed by atoms with E-state index >= 15 is 0 Å². The van der Waals surface area contributed by atoms with Gasteiger partial charge in [0.2, 0.25) is 0 Å². The van der Waals surface area contributed by atoms with E-state index in [9.17, 15) is 0 Å². The molecule has 3 nitrogen and oxygen atoms in total. The lowest BCUT2D eigenvalue weighted by Gasteiger charge is -2.04. The van der Waals surface area contributed by atoms with Gasteiger partial charge in [0.15, 0.2) is 0 Å². The van der Waals surface area contributed by atoms with Crippen LogP contribution >= 0.6 is 15.9 Å². The van der Waals surface area contributed by atoms with Gasteiger partial charge in [-0.15, -0.1) is 10.2 Å². The van der Waals surface area contributed by atoms with Crippen LogP contribution in [0.25, 0.3) is 0 Å². The molecule has 0 saturated heterocycles. The summed E-state index contributed by atoms with van der Waals surface area (Å²) in [6, 6.07) is 8.99. The molecule has 0 spiro atoms. The lowest BCUT2D eigenvalue weighted by atomic mass is 10.1. The van der Waals surface area contributed by atoms with Gasteiger partial charge in [-0.25, -0.2) is 0 Å². The Hall–Kier alpha value is -1.16. The highest BCUT2D eigenvalue weighted by molar-refractivity contribution is 9.10. The van der Waals surface area contributed by atoms with Crippen molar-refractivity contribution < 1.29 is 0 Å². The van der Waals surface area contributed by atoms with Crippen LogP contribution in [0, 0.1) is 0 Å². The van der Waals surface area contributed by atoms with Gasteiger partial charge >= 0.3 is 0 Å². The van der Waals surface area contributed by atoms with Crippen molar-refractivity contribution in [2.24, 2.45) is 0 Å². The van der Waals surface area contributed by atoms with Crippen LogP contribution in [0.2, 0.25) is 0 Å². The van der Waals surface area contributed by atoms with Gasteiger partial charge in [-0.05, 0) is 30.5 Å². The SMILES string of the molecule is Brc1cccc(Cc2nncn2C2CC2)c1. The highest BCUT2D eigenvalue weighted by Gasteiger charge is 2.25. The van der Waals surface area contributed by atoms with Crippen LogP contribution in [0.4, 0.5) is 0 Å². The third-order valence-corrected chi connectivity index (χ3v) is 3.33. The molecule has 1 aliphatic carbocycles. The highest BCUT2D eigenvalue weighted by Crippen LogP contribution is 2.35. The van der Waals surface area contributed by atoms with Gasteiger partial charge in [0, 0.05) is 16.9 Å². The van der Waals surface area contributed by atoms with E-state index in [1.165, 1.54) is 18.4 Å². The molecule has 0 unspecified atom stereocenters. The van der Waals surface area contributed by atoms with E-state index in [4.69, 9.17) is 0 Å². The maximum atomic E-state index is 4.20. The number of benzene rings is 1. The molecular weight excluding hydrogens is 266 g/mol. The molecule has 1 aromatic heterocycles. The Morgan fingerprint density at radius 2 is 2.25 bits per heavy atom. The molecule has 1 fully saturated rings. The van der Waals surface area contributed by atoms with Crippen LogP contribution in [-0.4, -0.2) is 14.8 Å². The van der Waals surface area contributed by atoms with E-state index in [0.29, 0.717) is 6.04 Å². The zero-order valence-electron chi connectivity index (χ0n) is 8.81. The summed E-state index contributed by atoms with van der Waals surface area (Å²) in [5.74, 6) is 1.07. The van der Waals surface area contributed by atoms with Crippen molar-refractivity contribution >= 4 is 15.9 Å². The van der Waals surface area contributed by atoms with Crippen molar-refractivity contribution in [1.29, 1.82) is 0 Å². The van der Waals surface area contributed by atoms with E-state index in [2.05, 4.69) is 48.9 Å². The monoisotopic (exact) mass is 277 g/mol. The lowest BCUT2D eigenvalue weighted by Crippen LogP contribution is -2.01. The zero-order chi connectivity index (χ0) is 11.0. The van der Waals surface area contributed by atoms with Crippen LogP contribution < -0.4 is 0 Å². The molecule has 4 heteroatoms. The molecule has 3 rings (SSSR count). The summed E-state index contributed by atoms with van der Waals surface area (Å²) < 4.78 is 3.32. The molecule has 1 saturated carbocycles. The van der Waals surface area contributed by atoms with E-state index in [1.54, 1.807) is 0 Å². The minimum Gasteiger partial charge on any atom is -0.314 e. The zero-order valence-corrected chi connectivity index (χ0v) is 10.4. The Balaban J connectivity index is 1.85. The van der Waals surface area contributed by atoms with Crippen molar-refractivity contribution in [1.82, 2.24) is 14.8 Å². The second kappa shape index (κ2) is 4.01. The number of hydrogen-bond acceptors (Lipinski definition) is 2. The maximum Gasteiger partial charge on any atom is 0.137 e. The lowest BCUT2D eigenvalue weighted by molar-refractivity contribution is 0.694. The van der Waals surface area contributed by atoms with Crippen molar-refractivity contribution in [2.45, 2.75) is 25.3 Å². The van der Waals surface area contributed by atoms with Crippen LogP contribution in [-0.2, 0) is 6.42 Å². The van der Waals surface area contributed by atoms with Crippen molar-refractivity contribution in [3.8, 4) is 0 Å². The van der Waals surface area contributed by atoms with Crippen LogP contribution in [0.1, 0.15) is 30.3 Å². The van der Waals surface area contributed by atoms with Crippen molar-refractivity contribution in [2.75, 3.05) is 0 Å². The fraction of sp³-hybridized carbons (Fsp3) is 0.333. The van der Waals surface area contributed by atoms with Crippen molar-refractivity contribution in [3.05, 3.63) is 46.5 Å². The topological polar surface area (TPSA) is 30.7 Å². The first-order chi connectivity index (χ1) is 7.83. The normalized spacial score (nSPS) is 15.3. The molecular formula is C12H12BrN3. The molecule has 1 heterocycles. The van der Waals surface area contributed by atoms with E-state index in [1.807, 2.05) is 12.4 Å². The molecule has 0 atom stereocenters. The summed E-state index contributed by atoms with van der Waals surface area (Å²) in [7, 11) is 0. The molecule has 16 heavy (non-hydrogen) atoms. The van der Waals surface area contributed by atoms with Crippen LogP contribution in [0.5, 0.6) is 0 Å². The molecule has 2 aromatic rings. The van der Waals surface area contributed by atoms with Crippen LogP contribution in [0.3, 0.4) is 0 Å². The number of hydrogen-bond donors (Lipinski definition) is 0. The largest absolute Gasteiger partial charge is 0.314 e. The fourth-order valence-corrected chi connectivity index (χ4v) is 2.33. The minimum absolute atomic E-state index is 0.650. The minimum atomic E-state index is 0.650. The maximum absolute atomic E-state index is 4.20. The van der Waals surface area contributed by atoms with Gasteiger partial charge < -0.3 is 4.57 Å². The third-order valence-electron chi connectivity index (χ3n) is 2.84.